The Hall–Kier alpha value is -1.67. The molecule has 6 heteroatoms. The fourth-order valence-corrected chi connectivity index (χ4v) is 2.90. The summed E-state index contributed by atoms with van der Waals surface area (Å²) in [5.41, 5.74) is 2.12. The molecule has 0 bridgehead atoms. The van der Waals surface area contributed by atoms with Crippen LogP contribution >= 0.6 is 34.8 Å². The molecule has 1 atom stereocenters. The lowest BCUT2D eigenvalue weighted by Crippen LogP contribution is -2.34. The first-order valence-corrected chi connectivity index (χ1v) is 9.10. The zero-order valence-electron chi connectivity index (χ0n) is 13.5. The Balaban J connectivity index is 2.08. The fourth-order valence-electron chi connectivity index (χ4n) is 2.15. The third-order valence-corrected chi connectivity index (χ3v) is 4.64. The normalized spacial score (nSPS) is 11.6. The molecule has 0 saturated carbocycles. The molecule has 4 nitrogen and oxygen atoms in total. The minimum atomic E-state index is -0.288. The SMILES string of the molecule is CCC(C)c1ccc(O)c(NC(=S)NC(=O)c2cccc(I)c2)c1. The number of carbonyl (C=O) groups is 1. The number of hydrogen-bond acceptors (Lipinski definition) is 3. The van der Waals surface area contributed by atoms with Gasteiger partial charge in [-0.3, -0.25) is 10.1 Å². The lowest BCUT2D eigenvalue weighted by Gasteiger charge is -2.14. The van der Waals surface area contributed by atoms with E-state index < -0.39 is 0 Å². The standard InChI is InChI=1S/C18H19IN2O2S/c1-3-11(2)12-7-8-16(22)15(10-12)20-18(24)21-17(23)13-5-4-6-14(19)9-13/h4-11,22H,3H2,1-2H3,(H2,20,21,23,24). The van der Waals surface area contributed by atoms with Crippen molar-refractivity contribution in [2.24, 2.45) is 0 Å². The summed E-state index contributed by atoms with van der Waals surface area (Å²) < 4.78 is 0.970. The molecule has 0 radical (unpaired) electrons. The lowest BCUT2D eigenvalue weighted by atomic mass is 9.98. The number of nitrogens with one attached hydrogen (secondary N) is 2. The van der Waals surface area contributed by atoms with E-state index >= 15 is 0 Å². The van der Waals surface area contributed by atoms with E-state index in [2.05, 4.69) is 47.1 Å². The highest BCUT2D eigenvalue weighted by molar-refractivity contribution is 14.1. The largest absolute Gasteiger partial charge is 0.506 e. The van der Waals surface area contributed by atoms with Gasteiger partial charge in [0.2, 0.25) is 0 Å². The van der Waals surface area contributed by atoms with E-state index in [-0.39, 0.29) is 16.8 Å². The van der Waals surface area contributed by atoms with Crippen molar-refractivity contribution in [3.63, 3.8) is 0 Å². The van der Waals surface area contributed by atoms with Crippen molar-refractivity contribution < 1.29 is 9.90 Å². The van der Waals surface area contributed by atoms with Crippen LogP contribution < -0.4 is 10.6 Å². The summed E-state index contributed by atoms with van der Waals surface area (Å²) in [4.78, 5) is 12.2. The number of phenols is 1. The van der Waals surface area contributed by atoms with Crippen LogP contribution in [0.2, 0.25) is 0 Å². The molecule has 0 aliphatic heterocycles. The van der Waals surface area contributed by atoms with Crippen molar-refractivity contribution in [2.45, 2.75) is 26.2 Å². The highest BCUT2D eigenvalue weighted by atomic mass is 127. The maximum Gasteiger partial charge on any atom is 0.257 e. The van der Waals surface area contributed by atoms with E-state index in [9.17, 15) is 9.90 Å². The molecule has 0 fully saturated rings. The molecule has 1 unspecified atom stereocenters. The molecule has 0 spiro atoms. The van der Waals surface area contributed by atoms with E-state index in [4.69, 9.17) is 12.2 Å². The Morgan fingerprint density at radius 1 is 1.29 bits per heavy atom. The summed E-state index contributed by atoms with van der Waals surface area (Å²) >= 11 is 7.33. The molecule has 0 heterocycles. The summed E-state index contributed by atoms with van der Waals surface area (Å²) in [5.74, 6) is 0.178. The molecule has 3 N–H and O–H groups in total. The molecule has 0 aromatic heterocycles. The van der Waals surface area contributed by atoms with Crippen LogP contribution in [0.4, 0.5) is 5.69 Å². The summed E-state index contributed by atoms with van der Waals surface area (Å²) in [5, 5.41) is 15.7. The maximum atomic E-state index is 12.2. The quantitative estimate of drug-likeness (QED) is 0.358. The van der Waals surface area contributed by atoms with Crippen molar-refractivity contribution in [3.8, 4) is 5.75 Å². The maximum absolute atomic E-state index is 12.2. The van der Waals surface area contributed by atoms with Crippen molar-refractivity contribution in [3.05, 3.63) is 57.2 Å². The summed E-state index contributed by atoms with van der Waals surface area (Å²) in [6, 6.07) is 12.6. The van der Waals surface area contributed by atoms with Crippen molar-refractivity contribution in [2.75, 3.05) is 5.32 Å². The molecule has 0 aliphatic carbocycles. The van der Waals surface area contributed by atoms with E-state index in [0.29, 0.717) is 17.2 Å². The molecular formula is C18H19IN2O2S. The smallest absolute Gasteiger partial charge is 0.257 e. The van der Waals surface area contributed by atoms with E-state index in [0.717, 1.165) is 15.6 Å². The Labute approximate surface area is 160 Å². The minimum absolute atomic E-state index is 0.0907. The van der Waals surface area contributed by atoms with Crippen LogP contribution in [0.3, 0.4) is 0 Å². The molecule has 2 aromatic carbocycles. The predicted octanol–water partition coefficient (Wildman–Crippen LogP) is 4.64. The highest BCUT2D eigenvalue weighted by Gasteiger charge is 2.11. The molecule has 2 aromatic rings. The number of carbonyl (C=O) groups excluding carboxylic acids is 1. The number of thiocarbonyl (C=S) groups is 1. The van der Waals surface area contributed by atoms with Gasteiger partial charge in [0.1, 0.15) is 5.75 Å². The average molecular weight is 454 g/mol. The van der Waals surface area contributed by atoms with E-state index in [1.54, 1.807) is 18.2 Å². The zero-order chi connectivity index (χ0) is 17.7. The lowest BCUT2D eigenvalue weighted by molar-refractivity contribution is 0.0977. The Bertz CT molecular complexity index is 764. The molecule has 24 heavy (non-hydrogen) atoms. The van der Waals surface area contributed by atoms with Gasteiger partial charge < -0.3 is 10.4 Å². The first-order chi connectivity index (χ1) is 11.4. The van der Waals surface area contributed by atoms with Crippen molar-refractivity contribution >= 4 is 51.5 Å². The second-order valence-corrected chi connectivity index (χ2v) is 7.16. The van der Waals surface area contributed by atoms with Gasteiger partial charge in [-0.1, -0.05) is 26.0 Å². The molecule has 0 aliphatic rings. The van der Waals surface area contributed by atoms with Crippen LogP contribution in [-0.2, 0) is 0 Å². The van der Waals surface area contributed by atoms with Gasteiger partial charge in [-0.25, -0.2) is 0 Å². The first-order valence-electron chi connectivity index (χ1n) is 7.61. The topological polar surface area (TPSA) is 61.4 Å². The van der Waals surface area contributed by atoms with Crippen LogP contribution in [0.25, 0.3) is 0 Å². The predicted molar refractivity (Wildman–Crippen MR) is 110 cm³/mol. The van der Waals surface area contributed by atoms with Crippen LogP contribution in [0, 0.1) is 3.57 Å². The number of benzene rings is 2. The fraction of sp³-hybridized carbons (Fsp3) is 0.222. The number of rotatable bonds is 4. The van der Waals surface area contributed by atoms with E-state index in [1.807, 2.05) is 24.3 Å². The molecule has 0 saturated heterocycles. The number of hydrogen-bond donors (Lipinski definition) is 3. The second kappa shape index (κ2) is 8.43. The molecular weight excluding hydrogens is 435 g/mol. The Morgan fingerprint density at radius 2 is 2.04 bits per heavy atom. The van der Waals surface area contributed by atoms with Crippen LogP contribution in [0.1, 0.15) is 42.1 Å². The average Bonchev–Trinajstić information content (AvgIpc) is 2.56. The number of phenolic OH excluding ortho intramolecular Hbond substituents is 1. The molecule has 126 valence electrons. The van der Waals surface area contributed by atoms with Crippen molar-refractivity contribution in [1.82, 2.24) is 5.32 Å². The van der Waals surface area contributed by atoms with Gasteiger partial charge in [0.15, 0.2) is 5.11 Å². The number of anilines is 1. The minimum Gasteiger partial charge on any atom is -0.506 e. The number of amides is 1. The second-order valence-electron chi connectivity index (χ2n) is 5.50. The van der Waals surface area contributed by atoms with Crippen LogP contribution in [0.15, 0.2) is 42.5 Å². The van der Waals surface area contributed by atoms with Crippen LogP contribution in [0.5, 0.6) is 5.75 Å². The van der Waals surface area contributed by atoms with E-state index in [1.165, 1.54) is 0 Å². The molecule has 2 rings (SSSR count). The Morgan fingerprint density at radius 3 is 2.71 bits per heavy atom. The van der Waals surface area contributed by atoms with Gasteiger partial charge in [0, 0.05) is 9.13 Å². The monoisotopic (exact) mass is 454 g/mol. The zero-order valence-corrected chi connectivity index (χ0v) is 16.4. The summed E-state index contributed by atoms with van der Waals surface area (Å²) in [6.45, 7) is 4.23. The Kier molecular flexibility index (Phi) is 6.56. The van der Waals surface area contributed by atoms with Gasteiger partial charge in [0.05, 0.1) is 5.69 Å². The third-order valence-electron chi connectivity index (χ3n) is 3.76. The third kappa shape index (κ3) is 4.91. The summed E-state index contributed by atoms with van der Waals surface area (Å²) in [6.07, 6.45) is 0.998. The number of halogens is 1. The van der Waals surface area contributed by atoms with Crippen LogP contribution in [-0.4, -0.2) is 16.1 Å². The van der Waals surface area contributed by atoms with Gasteiger partial charge in [-0.05, 0) is 83.0 Å². The molecule has 1 amide bonds. The highest BCUT2D eigenvalue weighted by Crippen LogP contribution is 2.29. The first kappa shape index (κ1) is 18.7. The number of aromatic hydroxyl groups is 1. The van der Waals surface area contributed by atoms with Gasteiger partial charge >= 0.3 is 0 Å². The van der Waals surface area contributed by atoms with Gasteiger partial charge in [-0.2, -0.15) is 0 Å². The summed E-state index contributed by atoms with van der Waals surface area (Å²) in [7, 11) is 0. The van der Waals surface area contributed by atoms with Crippen molar-refractivity contribution in [1.29, 1.82) is 0 Å². The van der Waals surface area contributed by atoms with Gasteiger partial charge in [0.25, 0.3) is 5.91 Å². The van der Waals surface area contributed by atoms with Gasteiger partial charge in [-0.15, -0.1) is 0 Å².